The largest absolute Gasteiger partial charge is 0.294 e. The molecule has 1 nitrogen and oxygen atoms in total. The van der Waals surface area contributed by atoms with Crippen molar-refractivity contribution in [1.82, 2.24) is 0 Å². The molecule has 0 aliphatic rings. The molecule has 0 radical (unpaired) electrons. The Morgan fingerprint density at radius 1 is 1.50 bits per heavy atom. The predicted molar refractivity (Wildman–Crippen MR) is 46.2 cm³/mol. The molecular weight excluding hydrogens is 191 g/mol. The highest BCUT2D eigenvalue weighted by Gasteiger charge is 2.09. The van der Waals surface area contributed by atoms with Gasteiger partial charge >= 0.3 is 0 Å². The lowest BCUT2D eigenvalue weighted by molar-refractivity contribution is 0.101. The Morgan fingerprint density at radius 2 is 2.08 bits per heavy atom. The number of carbonyl (C=O) groups excluding carboxylic acids is 1. The van der Waals surface area contributed by atoms with Crippen LogP contribution in [-0.2, 0) is 0 Å². The molecular formula is C9H8ClFO. The van der Waals surface area contributed by atoms with Crippen LogP contribution in [0.25, 0.3) is 0 Å². The molecule has 64 valence electrons. The summed E-state index contributed by atoms with van der Waals surface area (Å²) >= 11 is 5.64. The van der Waals surface area contributed by atoms with Crippen molar-refractivity contribution in [1.29, 1.82) is 0 Å². The summed E-state index contributed by atoms with van der Waals surface area (Å²) in [6.45, 7) is 3.06. The van der Waals surface area contributed by atoms with E-state index in [2.05, 4.69) is 0 Å². The van der Waals surface area contributed by atoms with Crippen LogP contribution in [0.2, 0.25) is 5.02 Å². The summed E-state index contributed by atoms with van der Waals surface area (Å²) in [5.74, 6) is -0.842. The van der Waals surface area contributed by atoms with E-state index < -0.39 is 5.82 Å². The molecule has 0 saturated carbocycles. The SMILES string of the molecule is CC(=O)[14c]1[14cH][14c](C)[14c](Cl)[14cH][14c]1F. The van der Waals surface area contributed by atoms with Gasteiger partial charge in [0, 0.05) is 5.02 Å². The highest BCUT2D eigenvalue weighted by molar-refractivity contribution is 6.31. The van der Waals surface area contributed by atoms with Crippen molar-refractivity contribution in [2.24, 2.45) is 0 Å². The molecule has 0 heterocycles. The van der Waals surface area contributed by atoms with Crippen molar-refractivity contribution < 1.29 is 9.18 Å². The second-order valence-corrected chi connectivity index (χ2v) is 3.04. The van der Waals surface area contributed by atoms with Crippen molar-refractivity contribution in [3.05, 3.63) is 34.1 Å². The van der Waals surface area contributed by atoms with Crippen molar-refractivity contribution in [3.63, 3.8) is 0 Å². The molecule has 12 heavy (non-hydrogen) atoms. The van der Waals surface area contributed by atoms with E-state index in [9.17, 15) is 9.18 Å². The van der Waals surface area contributed by atoms with Gasteiger partial charge in [-0.05, 0) is 31.5 Å². The fourth-order valence-corrected chi connectivity index (χ4v) is 1.08. The average molecular weight is 199 g/mol. The lowest BCUT2D eigenvalue weighted by Crippen LogP contribution is -1.97. The molecule has 0 fully saturated rings. The van der Waals surface area contributed by atoms with Gasteiger partial charge in [0.15, 0.2) is 5.78 Å². The van der Waals surface area contributed by atoms with Crippen molar-refractivity contribution in [2.75, 3.05) is 0 Å². The number of hydrogen-bond acceptors (Lipinski definition) is 1. The molecule has 0 atom stereocenters. The van der Waals surface area contributed by atoms with Crippen LogP contribution in [0.15, 0.2) is 12.1 Å². The molecule has 0 saturated heterocycles. The normalized spacial score (nSPS) is 10.0. The van der Waals surface area contributed by atoms with Gasteiger partial charge in [-0.25, -0.2) is 4.39 Å². The first-order chi connectivity index (χ1) is 5.52. The number of hydrogen-bond donors (Lipinski definition) is 0. The maximum Gasteiger partial charge on any atom is 0.162 e. The van der Waals surface area contributed by atoms with Gasteiger partial charge in [-0.1, -0.05) is 11.6 Å². The topological polar surface area (TPSA) is 17.1 Å². The predicted octanol–water partition coefficient (Wildman–Crippen LogP) is 2.99. The summed E-state index contributed by atoms with van der Waals surface area (Å²) in [6.07, 6.45) is 0. The van der Waals surface area contributed by atoms with Gasteiger partial charge in [-0.2, -0.15) is 0 Å². The smallest absolute Gasteiger partial charge is 0.162 e. The molecule has 0 aliphatic heterocycles. The number of ketones is 1. The van der Waals surface area contributed by atoms with Crippen LogP contribution in [0, 0.1) is 12.7 Å². The van der Waals surface area contributed by atoms with Gasteiger partial charge in [0.05, 0.1) is 5.56 Å². The number of halogens is 2. The van der Waals surface area contributed by atoms with Gasteiger partial charge in [0.2, 0.25) is 0 Å². The first kappa shape index (κ1) is 9.20. The van der Waals surface area contributed by atoms with Gasteiger partial charge in [0.1, 0.15) is 5.82 Å². The number of Topliss-reactive ketones (excluding diaryl/α,β-unsaturated/α-hetero) is 1. The Bertz CT molecular complexity index is 334. The molecule has 0 unspecified atom stereocenters. The minimum atomic E-state index is -0.557. The summed E-state index contributed by atoms with van der Waals surface area (Å²) < 4.78 is 13.0. The molecule has 0 aromatic heterocycles. The van der Waals surface area contributed by atoms with Crippen LogP contribution in [0.1, 0.15) is 22.8 Å². The van der Waals surface area contributed by atoms with Crippen molar-refractivity contribution >= 4 is 17.4 Å². The lowest BCUT2D eigenvalue weighted by atomic mass is 10.8. The quantitative estimate of drug-likeness (QED) is 0.634. The monoisotopic (exact) mass is 198 g/mol. The summed E-state index contributed by atoms with van der Waals surface area (Å²) in [5.41, 5.74) is 0.806. The van der Waals surface area contributed by atoms with E-state index in [1.54, 1.807) is 6.92 Å². The zero-order valence-corrected chi connectivity index (χ0v) is 7.57. The molecule has 0 aliphatic carbocycles. The minimum absolute atomic E-state index is 0.0944. The lowest BCUT2D eigenvalue weighted by Gasteiger charge is -2.01. The van der Waals surface area contributed by atoms with E-state index in [1.807, 2.05) is 0 Å². The van der Waals surface area contributed by atoms with E-state index >= 15 is 0 Å². The van der Waals surface area contributed by atoms with Gasteiger partial charge in [-0.3, -0.25) is 4.79 Å². The van der Waals surface area contributed by atoms with Gasteiger partial charge < -0.3 is 0 Å². The Kier molecular flexibility index (Phi) is 2.48. The second kappa shape index (κ2) is 3.23. The molecule has 1 aromatic carbocycles. The zero-order chi connectivity index (χ0) is 9.30. The summed E-state index contributed by atoms with van der Waals surface area (Å²) in [5, 5.41) is 0.345. The highest BCUT2D eigenvalue weighted by atomic mass is 35.5. The standard InChI is InChI=1S/C9H8ClFO/c1-5-3-7(6(2)12)9(11)4-8(5)10/h3-4H,1-2H3/i3+2,4+2,5+2,7+2,8+2,9+2. The van der Waals surface area contributed by atoms with E-state index in [0.29, 0.717) is 10.6 Å². The molecule has 0 spiro atoms. The molecule has 1 rings (SSSR count). The molecule has 0 amide bonds. The van der Waals surface area contributed by atoms with E-state index in [-0.39, 0.29) is 11.3 Å². The van der Waals surface area contributed by atoms with Crippen LogP contribution in [0.4, 0.5) is 4.39 Å². The molecule has 0 N–H and O–H groups in total. The fraction of sp³-hybridized carbons (Fsp3) is 0.222. The minimum Gasteiger partial charge on any atom is -0.294 e. The van der Waals surface area contributed by atoms with Crippen LogP contribution in [0.3, 0.4) is 0 Å². The van der Waals surface area contributed by atoms with Crippen LogP contribution >= 0.6 is 11.6 Å². The first-order valence-corrected chi connectivity index (χ1v) is 3.86. The zero-order valence-electron chi connectivity index (χ0n) is 6.82. The maximum absolute atomic E-state index is 13.0. The van der Waals surface area contributed by atoms with Crippen molar-refractivity contribution in [3.8, 4) is 0 Å². The van der Waals surface area contributed by atoms with E-state index in [4.69, 9.17) is 11.6 Å². The highest BCUT2D eigenvalue weighted by Crippen LogP contribution is 2.19. The Labute approximate surface area is 75.2 Å². The number of aryl methyl sites for hydroxylation is 1. The van der Waals surface area contributed by atoms with Crippen molar-refractivity contribution in [2.45, 2.75) is 13.8 Å². The second-order valence-electron chi connectivity index (χ2n) is 2.64. The third kappa shape index (κ3) is 1.64. The fourth-order valence-electron chi connectivity index (χ4n) is 0.927. The molecule has 0 bridgehead atoms. The van der Waals surface area contributed by atoms with Crippen LogP contribution < -0.4 is 0 Å². The number of rotatable bonds is 1. The number of benzene rings is 1. The van der Waals surface area contributed by atoms with E-state index in [0.717, 1.165) is 6.07 Å². The third-order valence-electron chi connectivity index (χ3n) is 1.63. The first-order valence-electron chi connectivity index (χ1n) is 3.49. The summed E-state index contributed by atoms with van der Waals surface area (Å²) in [4.78, 5) is 10.8. The van der Waals surface area contributed by atoms with Gasteiger partial charge in [-0.15, -0.1) is 0 Å². The Balaban J connectivity index is 3.33. The van der Waals surface area contributed by atoms with Crippen LogP contribution in [0.5, 0.6) is 0 Å². The Morgan fingerprint density at radius 3 is 2.58 bits per heavy atom. The third-order valence-corrected chi connectivity index (χ3v) is 2.03. The summed E-state index contributed by atoms with van der Waals surface area (Å²) in [6, 6.07) is 2.62. The average Bonchev–Trinajstić information content (AvgIpc) is 1.96. The summed E-state index contributed by atoms with van der Waals surface area (Å²) in [7, 11) is 0. The van der Waals surface area contributed by atoms with Gasteiger partial charge in [0.25, 0.3) is 0 Å². The molecule has 1 aromatic rings. The maximum atomic E-state index is 13.0. The van der Waals surface area contributed by atoms with Crippen LogP contribution in [-0.4, -0.2) is 5.78 Å². The Hall–Kier alpha value is -0.890. The van der Waals surface area contributed by atoms with E-state index in [1.165, 1.54) is 13.0 Å². The number of carbonyl (C=O) groups is 1. The molecule has 3 heteroatoms.